The summed E-state index contributed by atoms with van der Waals surface area (Å²) < 4.78 is 29.4. The summed E-state index contributed by atoms with van der Waals surface area (Å²) in [5, 5.41) is 116. The van der Waals surface area contributed by atoms with E-state index in [0.29, 0.717) is 25.2 Å². The fourth-order valence-corrected chi connectivity index (χ4v) is 12.7. The van der Waals surface area contributed by atoms with E-state index in [0.717, 1.165) is 25.7 Å². The Morgan fingerprint density at radius 2 is 1.38 bits per heavy atom. The zero-order valence-electron chi connectivity index (χ0n) is 32.4. The van der Waals surface area contributed by atoms with Crippen molar-refractivity contribution in [3.8, 4) is 0 Å². The third kappa shape index (κ3) is 6.95. The molecule has 0 unspecified atom stereocenters. The van der Waals surface area contributed by atoms with E-state index in [1.165, 1.54) is 0 Å². The highest BCUT2D eigenvalue weighted by molar-refractivity contribution is 5.18. The van der Waals surface area contributed by atoms with Gasteiger partial charge in [-0.3, -0.25) is 0 Å². The van der Waals surface area contributed by atoms with Crippen molar-refractivity contribution in [3.05, 3.63) is 0 Å². The molecule has 4 aliphatic carbocycles. The van der Waals surface area contributed by atoms with Gasteiger partial charge in [-0.05, 0) is 80.0 Å². The Kier molecular flexibility index (Phi) is 11.9. The number of aliphatic hydroxyl groups excluding tert-OH is 9. The van der Waals surface area contributed by atoms with Crippen LogP contribution in [0.15, 0.2) is 0 Å². The van der Waals surface area contributed by atoms with Crippen molar-refractivity contribution in [3.63, 3.8) is 0 Å². The van der Waals surface area contributed by atoms with Crippen LogP contribution in [0.3, 0.4) is 0 Å². The summed E-state index contributed by atoms with van der Waals surface area (Å²) >= 11 is 0. The molecule has 16 nitrogen and oxygen atoms in total. The first-order chi connectivity index (χ1) is 25.8. The first kappa shape index (κ1) is 42.5. The third-order valence-corrected chi connectivity index (χ3v) is 16.0. The highest BCUT2D eigenvalue weighted by Crippen LogP contribution is 2.71. The molecule has 23 atom stereocenters. The molecule has 3 aliphatic heterocycles. The van der Waals surface area contributed by atoms with E-state index in [1.807, 2.05) is 6.92 Å². The lowest BCUT2D eigenvalue weighted by atomic mass is 9.42. The molecule has 7 rings (SSSR count). The van der Waals surface area contributed by atoms with Crippen LogP contribution >= 0.6 is 0 Å². The topological polar surface area (TPSA) is 269 Å². The van der Waals surface area contributed by atoms with Crippen LogP contribution in [-0.2, 0) is 23.7 Å². The number of hydrogen-bond donors (Lipinski definition) is 11. The minimum absolute atomic E-state index is 0.0683. The maximum atomic E-state index is 12.4. The maximum absolute atomic E-state index is 12.4. The molecule has 3 saturated heterocycles. The van der Waals surface area contributed by atoms with Gasteiger partial charge in [0.15, 0.2) is 18.4 Å². The average Bonchev–Trinajstić information content (AvgIpc) is 3.58. The predicted octanol–water partition coefficient (Wildman–Crippen LogP) is -1.52. The lowest BCUT2D eigenvalue weighted by Gasteiger charge is -2.65. The van der Waals surface area contributed by atoms with Gasteiger partial charge >= 0.3 is 0 Å². The van der Waals surface area contributed by atoms with Gasteiger partial charge in [0.1, 0.15) is 48.8 Å². The minimum Gasteiger partial charge on any atom is -0.394 e. The van der Waals surface area contributed by atoms with Crippen LogP contribution in [-0.4, -0.2) is 167 Å². The third-order valence-electron chi connectivity index (χ3n) is 16.0. The van der Waals surface area contributed by atoms with E-state index in [-0.39, 0.29) is 60.6 Å². The van der Waals surface area contributed by atoms with Crippen LogP contribution < -0.4 is 0 Å². The highest BCUT2D eigenvalue weighted by Gasteiger charge is 2.70. The van der Waals surface area contributed by atoms with Crippen LogP contribution in [0.1, 0.15) is 85.5 Å². The van der Waals surface area contributed by atoms with Crippen molar-refractivity contribution in [2.75, 3.05) is 19.8 Å². The van der Waals surface area contributed by atoms with Crippen molar-refractivity contribution in [1.29, 1.82) is 0 Å². The summed E-state index contributed by atoms with van der Waals surface area (Å²) in [5.74, 6) is -0.693. The fraction of sp³-hybridized carbons (Fsp3) is 1.00. The number of ether oxygens (including phenoxy) is 5. The van der Waals surface area contributed by atoms with Crippen molar-refractivity contribution >= 4 is 0 Å². The first-order valence-corrected chi connectivity index (χ1v) is 20.5. The summed E-state index contributed by atoms with van der Waals surface area (Å²) in [5.41, 5.74) is -1.88. The van der Waals surface area contributed by atoms with Crippen molar-refractivity contribution in [1.82, 2.24) is 0 Å². The number of aliphatic hydroxyl groups is 11. The minimum atomic E-state index is -1.61. The molecular weight excluding hydrogens is 724 g/mol. The highest BCUT2D eigenvalue weighted by atomic mass is 16.7. The Balaban J connectivity index is 0.964. The number of fused-ring (bicyclic) bond motifs is 7. The molecule has 55 heavy (non-hydrogen) atoms. The van der Waals surface area contributed by atoms with Crippen LogP contribution in [0, 0.1) is 46.3 Å². The summed E-state index contributed by atoms with van der Waals surface area (Å²) in [6.45, 7) is 7.46. The van der Waals surface area contributed by atoms with Crippen LogP contribution in [0.4, 0.5) is 0 Å². The molecule has 7 aliphatic rings. The average molecular weight is 791 g/mol. The van der Waals surface area contributed by atoms with Crippen molar-refractivity contribution in [2.24, 2.45) is 46.3 Å². The molecule has 11 N–H and O–H groups in total. The van der Waals surface area contributed by atoms with E-state index in [9.17, 15) is 56.2 Å². The molecule has 16 heteroatoms. The van der Waals surface area contributed by atoms with Gasteiger partial charge in [-0.2, -0.15) is 0 Å². The predicted molar refractivity (Wildman–Crippen MR) is 189 cm³/mol. The number of rotatable bonds is 10. The molecule has 0 aromatic carbocycles. The smallest absolute Gasteiger partial charge is 0.187 e. The van der Waals surface area contributed by atoms with Crippen LogP contribution in [0.5, 0.6) is 0 Å². The lowest BCUT2D eigenvalue weighted by molar-refractivity contribution is -0.333. The molecule has 0 spiro atoms. The van der Waals surface area contributed by atoms with Gasteiger partial charge in [0.25, 0.3) is 0 Å². The molecule has 0 radical (unpaired) electrons. The normalized spacial score (nSPS) is 57.0. The van der Waals surface area contributed by atoms with Gasteiger partial charge < -0.3 is 79.9 Å². The second-order valence-corrected chi connectivity index (χ2v) is 19.0. The van der Waals surface area contributed by atoms with E-state index >= 15 is 0 Å². The molecular formula is C39H66O16. The van der Waals surface area contributed by atoms with Gasteiger partial charge in [-0.15, -0.1) is 0 Å². The van der Waals surface area contributed by atoms with Crippen molar-refractivity contribution < 1.29 is 79.9 Å². The first-order valence-electron chi connectivity index (χ1n) is 20.5. The van der Waals surface area contributed by atoms with Gasteiger partial charge in [0.05, 0.1) is 43.7 Å². The Bertz CT molecular complexity index is 1340. The molecule has 0 aromatic rings. The van der Waals surface area contributed by atoms with Crippen LogP contribution in [0.2, 0.25) is 0 Å². The zero-order valence-corrected chi connectivity index (χ0v) is 32.4. The molecule has 0 bridgehead atoms. The quantitative estimate of drug-likeness (QED) is 0.112. The monoisotopic (exact) mass is 790 g/mol. The summed E-state index contributed by atoms with van der Waals surface area (Å²) in [7, 11) is 0. The van der Waals surface area contributed by atoms with Gasteiger partial charge in [0, 0.05) is 24.2 Å². The molecule has 7 fully saturated rings. The molecule has 4 saturated carbocycles. The standard InChI is InChI=1S/C39H66O16/c1-17(16-51-34-32(47)30(45)28(43)25(14-40)53-34)5-10-39(50)18(2)27-23(55-39)11-21-19-6-9-38(49)13-24(52-35-33(48)31(46)29(44)26(15-41)54-35)22(42)12-37(38,4)20(19)7-8-36(21,27)3/h17-35,40-50H,5-16H2,1-4H3/t17-,18+,19-,20+,21+,22-,23+,24-,25-,26-,27+,28-,29-,30+,31+,32-,33-,34-,35-,36+,37-,38-,39+/m1/s1. The largest absolute Gasteiger partial charge is 0.394 e. The van der Waals surface area contributed by atoms with Crippen LogP contribution in [0.25, 0.3) is 0 Å². The Morgan fingerprint density at radius 3 is 2.02 bits per heavy atom. The van der Waals surface area contributed by atoms with E-state index in [2.05, 4.69) is 20.8 Å². The summed E-state index contributed by atoms with van der Waals surface area (Å²) in [4.78, 5) is 0. The van der Waals surface area contributed by atoms with E-state index in [1.54, 1.807) is 0 Å². The Morgan fingerprint density at radius 1 is 0.764 bits per heavy atom. The van der Waals surface area contributed by atoms with E-state index in [4.69, 9.17) is 23.7 Å². The summed E-state index contributed by atoms with van der Waals surface area (Å²) in [6, 6.07) is 0. The fourth-order valence-electron chi connectivity index (χ4n) is 12.7. The molecule has 0 aromatic heterocycles. The Hall–Kier alpha value is -0.640. The second-order valence-electron chi connectivity index (χ2n) is 19.0. The van der Waals surface area contributed by atoms with Gasteiger partial charge in [-0.1, -0.05) is 27.7 Å². The second kappa shape index (κ2) is 15.4. The maximum Gasteiger partial charge on any atom is 0.187 e. The molecule has 3 heterocycles. The lowest BCUT2D eigenvalue weighted by Crippen LogP contribution is -2.67. The zero-order chi connectivity index (χ0) is 40.0. The van der Waals surface area contributed by atoms with Gasteiger partial charge in [0.2, 0.25) is 0 Å². The number of hydrogen-bond acceptors (Lipinski definition) is 16. The molecule has 318 valence electrons. The van der Waals surface area contributed by atoms with Gasteiger partial charge in [-0.25, -0.2) is 0 Å². The van der Waals surface area contributed by atoms with Crippen molar-refractivity contribution in [2.45, 2.75) is 177 Å². The van der Waals surface area contributed by atoms with E-state index < -0.39 is 104 Å². The Labute approximate surface area is 322 Å². The molecule has 0 amide bonds. The SMILES string of the molecule is C[C@H](CC[C@]1(O)O[C@H]2C[C@H]3[C@@H]4CC[C@@]5(O)C[C@@H](O[C@@H]6O[C@H](CO)[C@@H](O)[C@H](O)[C@H]6O)[C@H](O)C[C@]5(C)[C@H]4CC[C@]3(C)[C@H]2[C@@H]1C)CO[C@@H]1O[C@H](CO)[C@@H](O)[C@H](O)[C@H]1O. The summed E-state index contributed by atoms with van der Waals surface area (Å²) in [6.07, 6.45) is -10.9.